The quantitative estimate of drug-likeness (QED) is 0.131. The molecule has 4 aliphatic heterocycles. The minimum Gasteiger partial charge on any atom is -0.462 e. The number of methoxy groups -OCH3 is 2. The van der Waals surface area contributed by atoms with Gasteiger partial charge < -0.3 is 77.9 Å². The fourth-order valence-electron chi connectivity index (χ4n) is 9.51. The summed E-state index contributed by atoms with van der Waals surface area (Å²) in [5.41, 5.74) is -0.806. The van der Waals surface area contributed by atoms with Gasteiger partial charge in [-0.05, 0) is 73.5 Å². The standard InChI is InChI=1S/C46H77NO17.ClH/c1-13-33-30(22-58-45-42(57-12)41(56-11)37(52)26(5)60-45)18-23(2)14-15-31(49)24(3)19-29(16-17-48)39(25(4)32(50)20-34(51)62-33)64-44-38(53)36(47(9)10)40(27(6)61-44)63-35-21-46(8,55)43(54)28(7)59-35;/h14-15,17-18,24-30,32-33,35-45,50,52-55H,13,16,19-22H2,1-12H3;1H/b15-14+,23-18+;/t24-,25+,26-,27-,28+,29+,30-,32-,33-,35+,36-,37-,38-,39-,40-,41-,42-,43+,44+,45-,46-;/m1./s1. The molecule has 0 unspecified atom stereocenters. The summed E-state index contributed by atoms with van der Waals surface area (Å²) in [6.07, 6.45) is -8.49. The summed E-state index contributed by atoms with van der Waals surface area (Å²) >= 11 is 0. The number of aldehydes is 1. The summed E-state index contributed by atoms with van der Waals surface area (Å²) in [6.45, 7) is 13.6. The van der Waals surface area contributed by atoms with Crippen molar-refractivity contribution < 1.29 is 82.5 Å². The molecule has 0 saturated carbocycles. The lowest BCUT2D eigenvalue weighted by atomic mass is 9.79. The number of allylic oxidation sites excluding steroid dienone is 3. The molecule has 0 aromatic carbocycles. The van der Waals surface area contributed by atoms with E-state index in [9.17, 15) is 39.9 Å². The largest absolute Gasteiger partial charge is 0.462 e. The van der Waals surface area contributed by atoms with E-state index in [2.05, 4.69) is 0 Å². The van der Waals surface area contributed by atoms with Crippen molar-refractivity contribution in [1.29, 1.82) is 0 Å². The molecule has 4 heterocycles. The van der Waals surface area contributed by atoms with Crippen molar-refractivity contribution in [3.8, 4) is 0 Å². The van der Waals surface area contributed by atoms with Crippen molar-refractivity contribution in [2.45, 2.75) is 191 Å². The van der Waals surface area contributed by atoms with Gasteiger partial charge in [0, 0.05) is 44.8 Å². The fraction of sp³-hybridized carbons (Fsp3) is 0.848. The molecule has 21 atom stereocenters. The second-order valence-electron chi connectivity index (χ2n) is 18.7. The van der Waals surface area contributed by atoms with Gasteiger partial charge in [0.2, 0.25) is 0 Å². The Hall–Kier alpha value is -1.98. The summed E-state index contributed by atoms with van der Waals surface area (Å²) < 4.78 is 54.7. The van der Waals surface area contributed by atoms with Gasteiger partial charge in [0.05, 0.1) is 55.2 Å². The molecule has 4 aliphatic rings. The first-order valence-corrected chi connectivity index (χ1v) is 22.7. The average molecular weight is 953 g/mol. The van der Waals surface area contributed by atoms with Gasteiger partial charge in [0.1, 0.15) is 49.0 Å². The van der Waals surface area contributed by atoms with E-state index in [-0.39, 0.29) is 44.1 Å². The number of carbonyl (C=O) groups is 3. The molecule has 3 saturated heterocycles. The van der Waals surface area contributed by atoms with Crippen LogP contribution in [-0.4, -0.2) is 187 Å². The van der Waals surface area contributed by atoms with Crippen molar-refractivity contribution in [3.63, 3.8) is 0 Å². The molecule has 376 valence electrons. The van der Waals surface area contributed by atoms with E-state index in [4.69, 9.17) is 42.6 Å². The minimum atomic E-state index is -1.49. The summed E-state index contributed by atoms with van der Waals surface area (Å²) in [4.78, 5) is 41.5. The van der Waals surface area contributed by atoms with Crippen LogP contribution in [0.15, 0.2) is 23.8 Å². The maximum Gasteiger partial charge on any atom is 0.308 e. The van der Waals surface area contributed by atoms with Crippen LogP contribution in [0.4, 0.5) is 0 Å². The molecule has 0 aliphatic carbocycles. The molecule has 0 aromatic heterocycles. The zero-order valence-corrected chi connectivity index (χ0v) is 40.9. The van der Waals surface area contributed by atoms with Gasteiger partial charge in [0.15, 0.2) is 24.7 Å². The second-order valence-corrected chi connectivity index (χ2v) is 18.7. The lowest BCUT2D eigenvalue weighted by Gasteiger charge is -2.50. The Labute approximate surface area is 390 Å². The van der Waals surface area contributed by atoms with Gasteiger partial charge in [-0.2, -0.15) is 0 Å². The van der Waals surface area contributed by atoms with E-state index in [0.717, 1.165) is 6.29 Å². The van der Waals surface area contributed by atoms with E-state index in [1.165, 1.54) is 27.2 Å². The summed E-state index contributed by atoms with van der Waals surface area (Å²) in [6, 6.07) is -0.748. The van der Waals surface area contributed by atoms with Gasteiger partial charge in [-0.1, -0.05) is 38.5 Å². The summed E-state index contributed by atoms with van der Waals surface area (Å²) in [7, 11) is 6.43. The van der Waals surface area contributed by atoms with Crippen molar-refractivity contribution in [1.82, 2.24) is 4.90 Å². The number of nitrogens with zero attached hydrogens (tertiary/aromatic N) is 1. The lowest BCUT2D eigenvalue weighted by molar-refractivity contribution is -0.341. The molecular weight excluding hydrogens is 874 g/mol. The number of ether oxygens (including phenoxy) is 9. The van der Waals surface area contributed by atoms with Gasteiger partial charge in [-0.3, -0.25) is 9.59 Å². The van der Waals surface area contributed by atoms with Crippen LogP contribution in [0, 0.1) is 23.7 Å². The van der Waals surface area contributed by atoms with Crippen LogP contribution in [0.3, 0.4) is 0 Å². The maximum atomic E-state index is 13.8. The van der Waals surface area contributed by atoms with Gasteiger partial charge in [-0.25, -0.2) is 0 Å². The van der Waals surface area contributed by atoms with Crippen LogP contribution in [0.5, 0.6) is 0 Å². The number of ketones is 1. The number of aliphatic hydroxyl groups is 5. The van der Waals surface area contributed by atoms with Crippen LogP contribution in [0.1, 0.15) is 87.5 Å². The van der Waals surface area contributed by atoms with E-state index in [0.29, 0.717) is 12.0 Å². The number of esters is 1. The maximum absolute atomic E-state index is 13.8. The molecule has 0 bridgehead atoms. The first-order valence-electron chi connectivity index (χ1n) is 22.7. The Morgan fingerprint density at radius 1 is 0.862 bits per heavy atom. The molecule has 0 aromatic rings. The third-order valence-electron chi connectivity index (χ3n) is 13.4. The number of carbonyl (C=O) groups excluding carboxylic acids is 3. The molecule has 3 fully saturated rings. The highest BCUT2D eigenvalue weighted by molar-refractivity contribution is 5.91. The zero-order valence-electron chi connectivity index (χ0n) is 40.1. The van der Waals surface area contributed by atoms with E-state index < -0.39 is 140 Å². The van der Waals surface area contributed by atoms with Crippen LogP contribution >= 0.6 is 12.4 Å². The number of hydrogen-bond acceptors (Lipinski definition) is 18. The molecule has 18 nitrogen and oxygen atoms in total. The smallest absolute Gasteiger partial charge is 0.308 e. The van der Waals surface area contributed by atoms with Crippen molar-refractivity contribution in [3.05, 3.63) is 23.8 Å². The lowest BCUT2D eigenvalue weighted by Crippen LogP contribution is -2.65. The van der Waals surface area contributed by atoms with Gasteiger partial charge in [-0.15, -0.1) is 12.4 Å². The van der Waals surface area contributed by atoms with Crippen LogP contribution in [0.25, 0.3) is 0 Å². The highest BCUT2D eigenvalue weighted by atomic mass is 35.5. The Kier molecular flexibility index (Phi) is 22.6. The molecule has 4 rings (SSSR count). The second kappa shape index (κ2) is 25.6. The highest BCUT2D eigenvalue weighted by Gasteiger charge is 2.52. The predicted molar refractivity (Wildman–Crippen MR) is 238 cm³/mol. The number of aliphatic hydroxyl groups excluding tert-OH is 4. The molecule has 0 amide bonds. The van der Waals surface area contributed by atoms with Gasteiger partial charge >= 0.3 is 5.97 Å². The molecule has 65 heavy (non-hydrogen) atoms. The fourth-order valence-corrected chi connectivity index (χ4v) is 9.51. The summed E-state index contributed by atoms with van der Waals surface area (Å²) in [5.74, 6) is -3.59. The monoisotopic (exact) mass is 951 g/mol. The Morgan fingerprint density at radius 2 is 1.51 bits per heavy atom. The van der Waals surface area contributed by atoms with Crippen LogP contribution in [-0.2, 0) is 57.0 Å². The number of likely N-dealkylation sites (N-methyl/N-ethyl adjacent to an activating group) is 1. The number of hydrogen-bond donors (Lipinski definition) is 5. The third kappa shape index (κ3) is 14.5. The molecular formula is C46H78ClNO17. The average Bonchev–Trinajstić information content (AvgIpc) is 3.23. The third-order valence-corrected chi connectivity index (χ3v) is 13.4. The molecule has 5 N–H and O–H groups in total. The van der Waals surface area contributed by atoms with Crippen LogP contribution < -0.4 is 0 Å². The van der Waals surface area contributed by atoms with Crippen molar-refractivity contribution >= 4 is 30.4 Å². The SMILES string of the molecule is CC[C@H]1OC(=O)C[C@@H](O)[C@H](C)[C@@H](O[C@@H]2O[C@H](C)[C@@H](O[C@H]3C[C@@](C)(O)[C@@H](O)[C@H](C)O3)[C@H](N(C)C)[C@H]2O)[C@@H](CC=O)C[C@@H](C)C(=O)/C=C/C(C)=C/[C@@H]1CO[C@@H]1O[C@H](C)[C@@H](O)[C@@H](OC)[C@H]1OC.Cl. The van der Waals surface area contributed by atoms with Crippen molar-refractivity contribution in [2.75, 3.05) is 34.9 Å². The van der Waals surface area contributed by atoms with Crippen molar-refractivity contribution in [2.24, 2.45) is 23.7 Å². The molecule has 0 spiro atoms. The molecule has 0 radical (unpaired) electrons. The van der Waals surface area contributed by atoms with Gasteiger partial charge in [0.25, 0.3) is 0 Å². The Balaban J connectivity index is 0.0000112. The normalized spacial score (nSPS) is 45.2. The first kappa shape index (κ1) is 57.3. The van der Waals surface area contributed by atoms with E-state index in [1.54, 1.807) is 59.7 Å². The number of halogens is 1. The Bertz CT molecular complexity index is 1570. The zero-order chi connectivity index (χ0) is 47.8. The number of rotatable bonds is 13. The topological polar surface area (TPSA) is 239 Å². The predicted octanol–water partition coefficient (Wildman–Crippen LogP) is 2.26. The Morgan fingerprint density at radius 3 is 2.09 bits per heavy atom. The summed E-state index contributed by atoms with van der Waals surface area (Å²) in [5, 5.41) is 55.8. The number of cyclic esters (lactones) is 1. The molecule has 19 heteroatoms. The first-order chi connectivity index (χ1) is 30.1. The van der Waals surface area contributed by atoms with E-state index in [1.807, 2.05) is 19.9 Å². The van der Waals surface area contributed by atoms with Crippen LogP contribution in [0.2, 0.25) is 0 Å². The minimum absolute atomic E-state index is 0. The van der Waals surface area contributed by atoms with E-state index >= 15 is 0 Å². The highest BCUT2D eigenvalue weighted by Crippen LogP contribution is 2.37.